The molecule has 0 bridgehead atoms. The maximum Gasteiger partial charge on any atom is 0.332 e. The van der Waals surface area contributed by atoms with Crippen molar-refractivity contribution in [2.45, 2.75) is 32.0 Å². The van der Waals surface area contributed by atoms with Crippen molar-refractivity contribution in [3.8, 4) is 0 Å². The van der Waals surface area contributed by atoms with Crippen LogP contribution >= 0.6 is 0 Å². The minimum atomic E-state index is -0.946. The Bertz CT molecular complexity index is 489. The molecule has 0 aliphatic carbocycles. The van der Waals surface area contributed by atoms with Crippen molar-refractivity contribution in [3.63, 3.8) is 0 Å². The third-order valence-electron chi connectivity index (χ3n) is 3.14. The lowest BCUT2D eigenvalue weighted by Gasteiger charge is -2.13. The van der Waals surface area contributed by atoms with Gasteiger partial charge in [-0.25, -0.2) is 4.79 Å². The predicted molar refractivity (Wildman–Crippen MR) is 66.8 cm³/mol. The van der Waals surface area contributed by atoms with Crippen LogP contribution in [0.15, 0.2) is 18.5 Å². The van der Waals surface area contributed by atoms with E-state index in [9.17, 15) is 9.59 Å². The second kappa shape index (κ2) is 5.79. The van der Waals surface area contributed by atoms with Gasteiger partial charge in [-0.3, -0.25) is 9.78 Å². The summed E-state index contributed by atoms with van der Waals surface area (Å²) in [4.78, 5) is 26.6. The summed E-state index contributed by atoms with van der Waals surface area (Å²) in [6, 6.07) is 1.65. The number of carboxylic acid groups (broad SMARTS) is 1. The van der Waals surface area contributed by atoms with Crippen molar-refractivity contribution < 1.29 is 19.4 Å². The summed E-state index contributed by atoms with van der Waals surface area (Å²) in [6.45, 7) is 2.14. The van der Waals surface area contributed by atoms with Gasteiger partial charge < -0.3 is 15.2 Å². The molecule has 0 spiro atoms. The zero-order chi connectivity index (χ0) is 13.8. The number of hydrogen-bond donors (Lipinski definition) is 2. The maximum atomic E-state index is 11.9. The number of aromatic nitrogens is 1. The first kappa shape index (κ1) is 13.5. The van der Waals surface area contributed by atoms with Gasteiger partial charge in [0, 0.05) is 24.5 Å². The van der Waals surface area contributed by atoms with Gasteiger partial charge in [-0.2, -0.15) is 0 Å². The normalized spacial score (nSPS) is 22.2. The lowest BCUT2D eigenvalue weighted by atomic mass is 10.1. The lowest BCUT2D eigenvalue weighted by molar-refractivity contribution is -0.149. The van der Waals surface area contributed by atoms with Gasteiger partial charge in [0.15, 0.2) is 6.10 Å². The van der Waals surface area contributed by atoms with Crippen molar-refractivity contribution in [2.24, 2.45) is 0 Å². The smallest absolute Gasteiger partial charge is 0.332 e. The Labute approximate surface area is 110 Å². The first-order valence-electron chi connectivity index (χ1n) is 6.15. The molecule has 102 valence electrons. The van der Waals surface area contributed by atoms with Gasteiger partial charge >= 0.3 is 5.97 Å². The van der Waals surface area contributed by atoms with E-state index in [2.05, 4.69) is 10.3 Å². The molecule has 1 aliphatic rings. The Morgan fingerprint density at radius 2 is 2.32 bits per heavy atom. The van der Waals surface area contributed by atoms with E-state index in [0.717, 1.165) is 5.56 Å². The van der Waals surface area contributed by atoms with Gasteiger partial charge in [0.1, 0.15) is 0 Å². The summed E-state index contributed by atoms with van der Waals surface area (Å²) in [6.07, 6.45) is 3.35. The molecule has 0 aromatic carbocycles. The zero-order valence-corrected chi connectivity index (χ0v) is 10.6. The van der Waals surface area contributed by atoms with Gasteiger partial charge in [-0.05, 0) is 31.4 Å². The van der Waals surface area contributed by atoms with Crippen LogP contribution in [0.3, 0.4) is 0 Å². The van der Waals surface area contributed by atoms with Crippen LogP contribution < -0.4 is 5.32 Å². The number of hydrogen-bond acceptors (Lipinski definition) is 4. The van der Waals surface area contributed by atoms with Crippen molar-refractivity contribution in [1.82, 2.24) is 10.3 Å². The van der Waals surface area contributed by atoms with E-state index in [1.54, 1.807) is 18.5 Å². The highest BCUT2D eigenvalue weighted by Crippen LogP contribution is 2.19. The fourth-order valence-electron chi connectivity index (χ4n) is 2.07. The highest BCUT2D eigenvalue weighted by molar-refractivity contribution is 5.95. The van der Waals surface area contributed by atoms with Gasteiger partial charge in [0.05, 0.1) is 6.10 Å². The van der Waals surface area contributed by atoms with E-state index in [1.807, 2.05) is 6.92 Å². The van der Waals surface area contributed by atoms with Crippen molar-refractivity contribution in [2.75, 3.05) is 6.54 Å². The Morgan fingerprint density at radius 3 is 2.95 bits per heavy atom. The fraction of sp³-hybridized carbons (Fsp3) is 0.462. The molecule has 2 heterocycles. The van der Waals surface area contributed by atoms with Crippen molar-refractivity contribution in [3.05, 3.63) is 29.6 Å². The van der Waals surface area contributed by atoms with Crippen LogP contribution in [-0.4, -0.2) is 40.7 Å². The van der Waals surface area contributed by atoms with Crippen molar-refractivity contribution >= 4 is 11.9 Å². The van der Waals surface area contributed by atoms with Crippen LogP contribution in [0.2, 0.25) is 0 Å². The van der Waals surface area contributed by atoms with Gasteiger partial charge in [-0.15, -0.1) is 0 Å². The van der Waals surface area contributed by atoms with Crippen LogP contribution in [0.5, 0.6) is 0 Å². The first-order chi connectivity index (χ1) is 9.08. The predicted octanol–water partition coefficient (Wildman–Crippen LogP) is 0.752. The number of amides is 1. The molecule has 1 saturated heterocycles. The Hall–Kier alpha value is -1.95. The highest BCUT2D eigenvalue weighted by atomic mass is 16.5. The number of carbonyl (C=O) groups is 2. The molecule has 2 rings (SSSR count). The number of carboxylic acids is 1. The van der Waals surface area contributed by atoms with Gasteiger partial charge in [0.2, 0.25) is 0 Å². The van der Waals surface area contributed by atoms with E-state index < -0.39 is 12.1 Å². The van der Waals surface area contributed by atoms with Crippen LogP contribution in [0, 0.1) is 6.92 Å². The number of rotatable bonds is 4. The van der Waals surface area contributed by atoms with Crippen LogP contribution in [0.1, 0.15) is 28.8 Å². The van der Waals surface area contributed by atoms with E-state index in [4.69, 9.17) is 9.84 Å². The number of pyridine rings is 1. The van der Waals surface area contributed by atoms with E-state index >= 15 is 0 Å². The number of ether oxygens (including phenoxy) is 1. The summed E-state index contributed by atoms with van der Waals surface area (Å²) in [7, 11) is 0. The Balaban J connectivity index is 1.85. The summed E-state index contributed by atoms with van der Waals surface area (Å²) in [5.41, 5.74) is 1.37. The molecule has 1 aromatic heterocycles. The molecule has 2 N–H and O–H groups in total. The molecular formula is C13H16N2O4. The maximum absolute atomic E-state index is 11.9. The molecule has 2 atom stereocenters. The molecule has 0 saturated carbocycles. The zero-order valence-electron chi connectivity index (χ0n) is 10.6. The highest BCUT2D eigenvalue weighted by Gasteiger charge is 2.30. The molecule has 6 nitrogen and oxygen atoms in total. The van der Waals surface area contributed by atoms with Crippen molar-refractivity contribution in [1.29, 1.82) is 0 Å². The summed E-state index contributed by atoms with van der Waals surface area (Å²) in [5, 5.41) is 11.6. The minimum absolute atomic E-state index is 0.192. The van der Waals surface area contributed by atoms with Gasteiger partial charge in [0.25, 0.3) is 5.91 Å². The third-order valence-corrected chi connectivity index (χ3v) is 3.14. The standard InChI is InChI=1S/C13H16N2O4/c1-8-6-14-5-4-10(8)12(16)15-7-9-2-3-11(19-9)13(17)18/h4-6,9,11H,2-3,7H2,1H3,(H,15,16)(H,17,18). The molecule has 1 amide bonds. The largest absolute Gasteiger partial charge is 0.479 e. The molecule has 1 aliphatic heterocycles. The second-order valence-electron chi connectivity index (χ2n) is 4.56. The number of aryl methyl sites for hydroxylation is 1. The van der Waals surface area contributed by atoms with Crippen LogP contribution in [-0.2, 0) is 9.53 Å². The SMILES string of the molecule is Cc1cnccc1C(=O)NCC1CCC(C(=O)O)O1. The summed E-state index contributed by atoms with van der Waals surface area (Å²) in [5.74, 6) is -1.14. The molecule has 6 heteroatoms. The topological polar surface area (TPSA) is 88.5 Å². The monoisotopic (exact) mass is 264 g/mol. The molecule has 2 unspecified atom stereocenters. The minimum Gasteiger partial charge on any atom is -0.479 e. The van der Waals surface area contributed by atoms with E-state index in [0.29, 0.717) is 24.9 Å². The quantitative estimate of drug-likeness (QED) is 0.837. The van der Waals surface area contributed by atoms with Crippen LogP contribution in [0.4, 0.5) is 0 Å². The number of nitrogens with zero attached hydrogens (tertiary/aromatic N) is 1. The van der Waals surface area contributed by atoms with E-state index in [-0.39, 0.29) is 12.0 Å². The van der Waals surface area contributed by atoms with Crippen LogP contribution in [0.25, 0.3) is 0 Å². The lowest BCUT2D eigenvalue weighted by Crippen LogP contribution is -2.33. The third kappa shape index (κ3) is 3.29. The number of aliphatic carboxylic acids is 1. The van der Waals surface area contributed by atoms with Gasteiger partial charge in [-0.1, -0.05) is 0 Å². The molecule has 1 fully saturated rings. The average molecular weight is 264 g/mol. The molecular weight excluding hydrogens is 248 g/mol. The summed E-state index contributed by atoms with van der Waals surface area (Å²) >= 11 is 0. The fourth-order valence-corrected chi connectivity index (χ4v) is 2.07. The summed E-state index contributed by atoms with van der Waals surface area (Å²) < 4.78 is 5.31. The average Bonchev–Trinajstić information content (AvgIpc) is 2.85. The molecule has 1 aromatic rings. The Kier molecular flexibility index (Phi) is 4.11. The van der Waals surface area contributed by atoms with E-state index in [1.165, 1.54) is 0 Å². The Morgan fingerprint density at radius 1 is 1.53 bits per heavy atom. The first-order valence-corrected chi connectivity index (χ1v) is 6.15. The number of carbonyl (C=O) groups excluding carboxylic acids is 1. The number of nitrogens with one attached hydrogen (secondary N) is 1. The molecule has 19 heavy (non-hydrogen) atoms. The molecule has 0 radical (unpaired) electrons. The second-order valence-corrected chi connectivity index (χ2v) is 4.56.